The second kappa shape index (κ2) is 8.68. The lowest BCUT2D eigenvalue weighted by atomic mass is 10.2. The highest BCUT2D eigenvalue weighted by molar-refractivity contribution is 7.92. The van der Waals surface area contributed by atoms with Gasteiger partial charge in [0.15, 0.2) is 15.8 Å². The Labute approximate surface area is 168 Å². The zero-order valence-corrected chi connectivity index (χ0v) is 18.0. The van der Waals surface area contributed by atoms with Crippen LogP contribution in [0.15, 0.2) is 23.3 Å². The third kappa shape index (κ3) is 4.77. The Balaban J connectivity index is 1.75. The number of rotatable bonds is 5. The summed E-state index contributed by atoms with van der Waals surface area (Å²) in [7, 11) is -3.08. The molecule has 2 fully saturated rings. The van der Waals surface area contributed by atoms with Crippen molar-refractivity contribution in [3.05, 3.63) is 23.9 Å². The topological polar surface area (TPSA) is 83.9 Å². The van der Waals surface area contributed by atoms with Crippen molar-refractivity contribution in [3.63, 3.8) is 0 Å². The molecule has 0 spiro atoms. The van der Waals surface area contributed by atoms with Gasteiger partial charge in [0, 0.05) is 31.4 Å². The molecule has 7 nitrogen and oxygen atoms in total. The first-order chi connectivity index (χ1) is 13.3. The quantitative estimate of drug-likeness (QED) is 0.595. The number of aliphatic imine (C=N–C) groups is 1. The van der Waals surface area contributed by atoms with Crippen LogP contribution in [0.2, 0.25) is 0 Å². The molecule has 1 N–H and O–H groups in total. The molecule has 0 aromatic carbocycles. The average Bonchev–Trinajstić information content (AvgIpc) is 3.15. The number of hydrogen-bond donors (Lipinski definition) is 1. The normalized spacial score (nSPS) is 22.2. The number of pyridine rings is 1. The van der Waals surface area contributed by atoms with Gasteiger partial charge in [-0.25, -0.2) is 18.4 Å². The van der Waals surface area contributed by atoms with Gasteiger partial charge in [-0.15, -0.1) is 0 Å². The maximum Gasteiger partial charge on any atom is 0.218 e. The Hall–Kier alpha value is -1.83. The Morgan fingerprint density at radius 3 is 2.82 bits per heavy atom. The standard InChI is InChI=1S/C20H32N4O3S/c1-4-21-19(24-12-13-28(25,26)20(2,3)15-24)23-14-16-8-7-11-22-18(16)27-17-9-5-6-10-17/h7-8,11,17H,4-6,9-10,12-15H2,1-3H3,(H,21,23). The van der Waals surface area contributed by atoms with Crippen molar-refractivity contribution in [1.82, 2.24) is 15.2 Å². The number of aromatic nitrogens is 1. The predicted molar refractivity (Wildman–Crippen MR) is 111 cm³/mol. The van der Waals surface area contributed by atoms with Crippen LogP contribution >= 0.6 is 0 Å². The molecule has 1 aromatic heterocycles. The number of nitrogens with one attached hydrogen (secondary N) is 1. The van der Waals surface area contributed by atoms with Crippen LogP contribution in [0.3, 0.4) is 0 Å². The molecule has 0 bridgehead atoms. The fourth-order valence-electron chi connectivity index (χ4n) is 3.73. The Morgan fingerprint density at radius 1 is 1.39 bits per heavy atom. The van der Waals surface area contributed by atoms with Crippen LogP contribution in [0.5, 0.6) is 5.88 Å². The molecule has 1 saturated carbocycles. The van der Waals surface area contributed by atoms with E-state index in [1.165, 1.54) is 12.8 Å². The minimum absolute atomic E-state index is 0.146. The smallest absolute Gasteiger partial charge is 0.218 e. The minimum atomic E-state index is -3.08. The van der Waals surface area contributed by atoms with Crippen molar-refractivity contribution in [3.8, 4) is 5.88 Å². The van der Waals surface area contributed by atoms with Gasteiger partial charge in [0.05, 0.1) is 17.0 Å². The van der Waals surface area contributed by atoms with E-state index >= 15 is 0 Å². The van der Waals surface area contributed by atoms with Gasteiger partial charge < -0.3 is 15.0 Å². The third-order valence-corrected chi connectivity index (χ3v) is 8.04. The second-order valence-electron chi connectivity index (χ2n) is 8.16. The molecule has 1 aromatic rings. The van der Waals surface area contributed by atoms with Crippen molar-refractivity contribution in [2.75, 3.05) is 25.4 Å². The molecule has 1 aliphatic carbocycles. The number of sulfone groups is 1. The van der Waals surface area contributed by atoms with Crippen LogP contribution in [0.1, 0.15) is 52.0 Å². The van der Waals surface area contributed by atoms with E-state index in [1.807, 2.05) is 24.0 Å². The highest BCUT2D eigenvalue weighted by atomic mass is 32.2. The number of hydrogen-bond acceptors (Lipinski definition) is 5. The van der Waals surface area contributed by atoms with Gasteiger partial charge in [-0.05, 0) is 52.5 Å². The summed E-state index contributed by atoms with van der Waals surface area (Å²) in [5.41, 5.74) is 0.952. The molecule has 3 rings (SSSR count). The molecule has 0 atom stereocenters. The molecule has 1 aliphatic heterocycles. The highest BCUT2D eigenvalue weighted by Gasteiger charge is 2.41. The van der Waals surface area contributed by atoms with Gasteiger partial charge in [-0.1, -0.05) is 6.07 Å². The first kappa shape index (κ1) is 20.9. The van der Waals surface area contributed by atoms with Crippen molar-refractivity contribution in [2.24, 2.45) is 4.99 Å². The molecule has 8 heteroatoms. The summed E-state index contributed by atoms with van der Waals surface area (Å²) in [6, 6.07) is 3.89. The van der Waals surface area contributed by atoms with Gasteiger partial charge in [-0.2, -0.15) is 0 Å². The fraction of sp³-hybridized carbons (Fsp3) is 0.700. The van der Waals surface area contributed by atoms with Gasteiger partial charge in [-0.3, -0.25) is 0 Å². The molecule has 2 aliphatic rings. The largest absolute Gasteiger partial charge is 0.474 e. The van der Waals surface area contributed by atoms with E-state index in [0.717, 1.165) is 30.9 Å². The Morgan fingerprint density at radius 2 is 2.14 bits per heavy atom. The third-order valence-electron chi connectivity index (χ3n) is 5.51. The van der Waals surface area contributed by atoms with E-state index in [2.05, 4.69) is 10.3 Å². The van der Waals surface area contributed by atoms with Crippen LogP contribution in [0.25, 0.3) is 0 Å². The van der Waals surface area contributed by atoms with Crippen LogP contribution in [-0.2, 0) is 16.4 Å². The molecule has 0 radical (unpaired) electrons. The Kier molecular flexibility index (Phi) is 6.47. The average molecular weight is 409 g/mol. The molecule has 156 valence electrons. The van der Waals surface area contributed by atoms with Gasteiger partial charge in [0.25, 0.3) is 0 Å². The number of nitrogens with zero attached hydrogens (tertiary/aromatic N) is 3. The summed E-state index contributed by atoms with van der Waals surface area (Å²) in [5.74, 6) is 1.55. The fourth-order valence-corrected chi connectivity index (χ4v) is 5.09. The van der Waals surface area contributed by atoms with Crippen molar-refractivity contribution >= 4 is 15.8 Å². The molecular formula is C20H32N4O3S. The number of ether oxygens (including phenoxy) is 1. The van der Waals surface area contributed by atoms with Crippen LogP contribution in [0.4, 0.5) is 0 Å². The maximum absolute atomic E-state index is 12.3. The molecule has 1 saturated heterocycles. The summed E-state index contributed by atoms with van der Waals surface area (Å²) in [5, 5.41) is 3.30. The van der Waals surface area contributed by atoms with Gasteiger partial charge >= 0.3 is 0 Å². The minimum Gasteiger partial charge on any atom is -0.474 e. The first-order valence-corrected chi connectivity index (χ1v) is 11.8. The van der Waals surface area contributed by atoms with Gasteiger partial charge in [0.1, 0.15) is 6.10 Å². The van der Waals surface area contributed by atoms with E-state index < -0.39 is 14.6 Å². The monoisotopic (exact) mass is 408 g/mol. The molecule has 28 heavy (non-hydrogen) atoms. The van der Waals surface area contributed by atoms with Crippen LogP contribution in [0, 0.1) is 0 Å². The highest BCUT2D eigenvalue weighted by Crippen LogP contribution is 2.26. The Bertz CT molecular complexity index is 801. The van der Waals surface area contributed by atoms with Crippen LogP contribution in [-0.4, -0.2) is 60.5 Å². The van der Waals surface area contributed by atoms with E-state index in [0.29, 0.717) is 25.5 Å². The summed E-state index contributed by atoms with van der Waals surface area (Å²) in [6.45, 7) is 7.64. The van der Waals surface area contributed by atoms with Crippen molar-refractivity contribution < 1.29 is 13.2 Å². The lowest BCUT2D eigenvalue weighted by Crippen LogP contribution is -2.57. The van der Waals surface area contributed by atoms with Gasteiger partial charge in [0.2, 0.25) is 5.88 Å². The lowest BCUT2D eigenvalue weighted by molar-refractivity contribution is 0.199. The second-order valence-corrected chi connectivity index (χ2v) is 10.9. The zero-order valence-electron chi connectivity index (χ0n) is 17.1. The SMILES string of the molecule is CCNC(=NCc1cccnc1OC1CCCC1)N1CCS(=O)(=O)C(C)(C)C1. The van der Waals surface area contributed by atoms with E-state index in [-0.39, 0.29) is 11.9 Å². The van der Waals surface area contributed by atoms with Crippen molar-refractivity contribution in [1.29, 1.82) is 0 Å². The number of guanidine groups is 1. The summed E-state index contributed by atoms with van der Waals surface area (Å²) in [6.07, 6.45) is 6.59. The first-order valence-electron chi connectivity index (χ1n) is 10.2. The molecule has 0 amide bonds. The van der Waals surface area contributed by atoms with E-state index in [4.69, 9.17) is 9.73 Å². The van der Waals surface area contributed by atoms with Crippen molar-refractivity contribution in [2.45, 2.75) is 63.9 Å². The molecule has 2 heterocycles. The summed E-state index contributed by atoms with van der Waals surface area (Å²) in [4.78, 5) is 11.2. The summed E-state index contributed by atoms with van der Waals surface area (Å²) < 4.78 is 29.9. The maximum atomic E-state index is 12.3. The van der Waals surface area contributed by atoms with E-state index in [1.54, 1.807) is 20.0 Å². The lowest BCUT2D eigenvalue weighted by Gasteiger charge is -2.39. The zero-order chi connectivity index (χ0) is 20.2. The van der Waals surface area contributed by atoms with Crippen LogP contribution < -0.4 is 10.1 Å². The summed E-state index contributed by atoms with van der Waals surface area (Å²) >= 11 is 0. The molecular weight excluding hydrogens is 376 g/mol. The molecule has 0 unspecified atom stereocenters. The van der Waals surface area contributed by atoms with E-state index in [9.17, 15) is 8.42 Å². The predicted octanol–water partition coefficient (Wildman–Crippen LogP) is 2.38.